The van der Waals surface area contributed by atoms with Gasteiger partial charge in [-0.05, 0) is 56.2 Å². The molecular formula is C28H31Cl2N3O4S. The van der Waals surface area contributed by atoms with E-state index in [9.17, 15) is 18.0 Å². The van der Waals surface area contributed by atoms with Crippen molar-refractivity contribution >= 4 is 50.7 Å². The van der Waals surface area contributed by atoms with Crippen molar-refractivity contribution in [1.29, 1.82) is 0 Å². The van der Waals surface area contributed by atoms with Gasteiger partial charge >= 0.3 is 0 Å². The summed E-state index contributed by atoms with van der Waals surface area (Å²) >= 11 is 12.4. The zero-order valence-corrected chi connectivity index (χ0v) is 23.9. The molecule has 0 heterocycles. The second-order valence-corrected chi connectivity index (χ2v) is 11.7. The summed E-state index contributed by atoms with van der Waals surface area (Å²) in [5, 5.41) is 3.26. The van der Waals surface area contributed by atoms with Gasteiger partial charge in [0.15, 0.2) is 0 Å². The molecule has 0 aromatic heterocycles. The summed E-state index contributed by atoms with van der Waals surface area (Å²) in [4.78, 5) is 28.1. The molecule has 3 aromatic carbocycles. The molecule has 10 heteroatoms. The lowest BCUT2D eigenvalue weighted by molar-refractivity contribution is -0.139. The highest BCUT2D eigenvalue weighted by molar-refractivity contribution is 7.92. The molecule has 1 atom stereocenters. The monoisotopic (exact) mass is 575 g/mol. The molecule has 0 saturated carbocycles. The largest absolute Gasteiger partial charge is 0.354 e. The number of nitrogens with zero attached hydrogens (tertiary/aromatic N) is 2. The van der Waals surface area contributed by atoms with Gasteiger partial charge in [0.25, 0.3) is 10.0 Å². The molecule has 0 aliphatic heterocycles. The van der Waals surface area contributed by atoms with Crippen LogP contribution in [0, 0.1) is 6.92 Å². The van der Waals surface area contributed by atoms with Crippen LogP contribution in [-0.4, -0.2) is 44.3 Å². The minimum Gasteiger partial charge on any atom is -0.354 e. The molecule has 0 spiro atoms. The Balaban J connectivity index is 2.03. The van der Waals surface area contributed by atoms with Gasteiger partial charge in [0, 0.05) is 23.1 Å². The first kappa shape index (κ1) is 29.5. The fraction of sp³-hybridized carbons (Fsp3) is 0.286. The SMILES string of the molecule is CCCNC(=O)[C@@H](C)N(Cc1ccc(C)cc1)C(=O)CN(c1cc(Cl)cc(Cl)c1)S(=O)(=O)c1ccccc1. The highest BCUT2D eigenvalue weighted by atomic mass is 35.5. The average Bonchev–Trinajstić information content (AvgIpc) is 2.89. The minimum absolute atomic E-state index is 0.00252. The lowest BCUT2D eigenvalue weighted by Gasteiger charge is -2.32. The van der Waals surface area contributed by atoms with E-state index < -0.39 is 28.5 Å². The predicted molar refractivity (Wildman–Crippen MR) is 152 cm³/mol. The van der Waals surface area contributed by atoms with E-state index in [4.69, 9.17) is 23.2 Å². The van der Waals surface area contributed by atoms with Crippen LogP contribution < -0.4 is 9.62 Å². The second-order valence-electron chi connectivity index (χ2n) is 8.93. The summed E-state index contributed by atoms with van der Waals surface area (Å²) in [6.45, 7) is 5.54. The summed E-state index contributed by atoms with van der Waals surface area (Å²) in [6.07, 6.45) is 0.739. The molecule has 2 amide bonds. The number of halogens is 2. The van der Waals surface area contributed by atoms with Crippen LogP contribution in [0.3, 0.4) is 0 Å². The second kappa shape index (κ2) is 13.1. The van der Waals surface area contributed by atoms with Crippen LogP contribution in [-0.2, 0) is 26.2 Å². The Morgan fingerprint density at radius 2 is 1.55 bits per heavy atom. The lowest BCUT2D eigenvalue weighted by atomic mass is 10.1. The fourth-order valence-electron chi connectivity index (χ4n) is 3.80. The van der Waals surface area contributed by atoms with Crippen molar-refractivity contribution in [3.05, 3.63) is 94.0 Å². The van der Waals surface area contributed by atoms with E-state index in [2.05, 4.69) is 5.32 Å². The highest BCUT2D eigenvalue weighted by Gasteiger charge is 2.32. The third-order valence-electron chi connectivity index (χ3n) is 5.94. The minimum atomic E-state index is -4.19. The maximum Gasteiger partial charge on any atom is 0.264 e. The molecule has 0 bridgehead atoms. The number of anilines is 1. The number of hydrogen-bond donors (Lipinski definition) is 1. The molecule has 1 N–H and O–H groups in total. The van der Waals surface area contributed by atoms with Gasteiger partial charge < -0.3 is 10.2 Å². The summed E-state index contributed by atoms with van der Waals surface area (Å²) in [7, 11) is -4.19. The number of amides is 2. The van der Waals surface area contributed by atoms with Gasteiger partial charge in [0.2, 0.25) is 11.8 Å². The molecule has 7 nitrogen and oxygen atoms in total. The van der Waals surface area contributed by atoms with Gasteiger partial charge in [0.1, 0.15) is 12.6 Å². The van der Waals surface area contributed by atoms with Crippen molar-refractivity contribution in [2.45, 2.75) is 44.7 Å². The van der Waals surface area contributed by atoms with Crippen LogP contribution in [0.25, 0.3) is 0 Å². The molecule has 202 valence electrons. The zero-order valence-electron chi connectivity index (χ0n) is 21.5. The first-order chi connectivity index (χ1) is 18.0. The van der Waals surface area contributed by atoms with Gasteiger partial charge in [0.05, 0.1) is 10.6 Å². The van der Waals surface area contributed by atoms with Gasteiger partial charge in [-0.3, -0.25) is 13.9 Å². The van der Waals surface area contributed by atoms with E-state index in [0.29, 0.717) is 6.54 Å². The number of hydrogen-bond acceptors (Lipinski definition) is 4. The number of rotatable bonds is 11. The van der Waals surface area contributed by atoms with Crippen molar-refractivity contribution < 1.29 is 18.0 Å². The van der Waals surface area contributed by atoms with Gasteiger partial charge in [-0.1, -0.05) is 78.2 Å². The molecule has 0 radical (unpaired) electrons. The van der Waals surface area contributed by atoms with Crippen LogP contribution in [0.4, 0.5) is 5.69 Å². The summed E-state index contributed by atoms with van der Waals surface area (Å²) in [6, 6.07) is 18.9. The Labute approximate surface area is 234 Å². The molecule has 0 unspecified atom stereocenters. The van der Waals surface area contributed by atoms with E-state index in [1.807, 2.05) is 38.1 Å². The molecule has 3 rings (SSSR count). The number of carbonyl (C=O) groups is 2. The van der Waals surface area contributed by atoms with Crippen molar-refractivity contribution in [3.8, 4) is 0 Å². The maximum atomic E-state index is 13.8. The van der Waals surface area contributed by atoms with E-state index >= 15 is 0 Å². The van der Waals surface area contributed by atoms with Crippen molar-refractivity contribution in [3.63, 3.8) is 0 Å². The first-order valence-corrected chi connectivity index (χ1v) is 14.4. The Hall–Kier alpha value is -3.07. The summed E-state index contributed by atoms with van der Waals surface area (Å²) in [5.74, 6) is -0.879. The van der Waals surface area contributed by atoms with E-state index in [1.54, 1.807) is 25.1 Å². The normalized spacial score (nSPS) is 12.0. The van der Waals surface area contributed by atoms with Crippen molar-refractivity contribution in [1.82, 2.24) is 10.2 Å². The van der Waals surface area contributed by atoms with Crippen LogP contribution in [0.15, 0.2) is 77.7 Å². The van der Waals surface area contributed by atoms with Crippen LogP contribution in [0.5, 0.6) is 0 Å². The molecule has 0 saturated heterocycles. The topological polar surface area (TPSA) is 86.8 Å². The molecule has 38 heavy (non-hydrogen) atoms. The zero-order chi connectivity index (χ0) is 27.9. The molecular weight excluding hydrogens is 545 g/mol. The maximum absolute atomic E-state index is 13.8. The van der Waals surface area contributed by atoms with Crippen molar-refractivity contribution in [2.24, 2.45) is 0 Å². The van der Waals surface area contributed by atoms with Crippen LogP contribution in [0.2, 0.25) is 10.0 Å². The molecule has 0 aliphatic rings. The number of aryl methyl sites for hydroxylation is 1. The van der Waals surface area contributed by atoms with Crippen LogP contribution in [0.1, 0.15) is 31.4 Å². The van der Waals surface area contributed by atoms with Crippen LogP contribution >= 0.6 is 23.2 Å². The highest BCUT2D eigenvalue weighted by Crippen LogP contribution is 2.30. The van der Waals surface area contributed by atoms with Gasteiger partial charge in [-0.15, -0.1) is 0 Å². The van der Waals surface area contributed by atoms with E-state index in [-0.39, 0.29) is 33.1 Å². The van der Waals surface area contributed by atoms with E-state index in [1.165, 1.54) is 35.2 Å². The number of sulfonamides is 1. The average molecular weight is 577 g/mol. The number of carbonyl (C=O) groups excluding carboxylic acids is 2. The Bertz CT molecular complexity index is 1350. The third kappa shape index (κ3) is 7.49. The summed E-state index contributed by atoms with van der Waals surface area (Å²) in [5.41, 5.74) is 2.00. The standard InChI is InChI=1S/C28H31Cl2N3O4S/c1-4-14-31-28(35)21(3)32(18-22-12-10-20(2)11-13-22)27(34)19-33(25-16-23(29)15-24(30)17-25)38(36,37)26-8-6-5-7-9-26/h5-13,15-17,21H,4,14,18-19H2,1-3H3,(H,31,35)/t21-/m1/s1. The molecule has 0 fully saturated rings. The van der Waals surface area contributed by atoms with E-state index in [0.717, 1.165) is 21.9 Å². The Kier molecular flexibility index (Phi) is 10.2. The smallest absolute Gasteiger partial charge is 0.264 e. The van der Waals surface area contributed by atoms with Gasteiger partial charge in [-0.25, -0.2) is 8.42 Å². The lowest BCUT2D eigenvalue weighted by Crippen LogP contribution is -2.51. The third-order valence-corrected chi connectivity index (χ3v) is 8.16. The number of nitrogens with one attached hydrogen (secondary N) is 1. The van der Waals surface area contributed by atoms with Gasteiger partial charge in [-0.2, -0.15) is 0 Å². The molecule has 0 aliphatic carbocycles. The Morgan fingerprint density at radius 1 is 0.947 bits per heavy atom. The molecule has 3 aromatic rings. The Morgan fingerprint density at radius 3 is 2.13 bits per heavy atom. The summed E-state index contributed by atoms with van der Waals surface area (Å²) < 4.78 is 28.5. The fourth-order valence-corrected chi connectivity index (χ4v) is 5.73. The van der Waals surface area contributed by atoms with Crippen molar-refractivity contribution in [2.75, 3.05) is 17.4 Å². The predicted octanol–water partition coefficient (Wildman–Crippen LogP) is 5.44. The number of benzene rings is 3. The quantitative estimate of drug-likeness (QED) is 0.330. The first-order valence-electron chi connectivity index (χ1n) is 12.2.